The highest BCUT2D eigenvalue weighted by Gasteiger charge is 2.30. The van der Waals surface area contributed by atoms with Crippen LogP contribution in [0.4, 0.5) is 0 Å². The fourth-order valence-electron chi connectivity index (χ4n) is 2.70. The lowest BCUT2D eigenvalue weighted by Crippen LogP contribution is -2.16. The van der Waals surface area contributed by atoms with Crippen molar-refractivity contribution in [2.45, 2.75) is 37.6 Å². The monoisotopic (exact) mass is 303 g/mol. The highest BCUT2D eigenvalue weighted by atomic mass is 16.5. The fourth-order valence-corrected chi connectivity index (χ4v) is 2.70. The Morgan fingerprint density at radius 2 is 2.27 bits per heavy atom. The molecule has 0 radical (unpaired) electrons. The van der Waals surface area contributed by atoms with Gasteiger partial charge in [0.25, 0.3) is 0 Å². The summed E-state index contributed by atoms with van der Waals surface area (Å²) in [7, 11) is 0. The van der Waals surface area contributed by atoms with Crippen molar-refractivity contribution in [3.05, 3.63) is 17.6 Å². The van der Waals surface area contributed by atoms with E-state index in [-0.39, 0.29) is 12.5 Å². The Morgan fingerprint density at radius 3 is 2.95 bits per heavy atom. The van der Waals surface area contributed by atoms with E-state index in [0.29, 0.717) is 36.5 Å². The standard InChI is InChI=1S/C14H17N5O3/c15-12(20)6-13-16-14(19(17-13)9-3-4-21-7-9)11-5-10(18-22-11)8-1-2-8/h5,8-9H,1-4,6-7H2,(H2,15,20). The van der Waals surface area contributed by atoms with Gasteiger partial charge in [0.1, 0.15) is 0 Å². The Morgan fingerprint density at radius 1 is 1.41 bits per heavy atom. The molecule has 3 heterocycles. The molecule has 0 aromatic carbocycles. The van der Waals surface area contributed by atoms with Crippen molar-refractivity contribution in [3.63, 3.8) is 0 Å². The quantitative estimate of drug-likeness (QED) is 0.875. The van der Waals surface area contributed by atoms with E-state index in [1.54, 1.807) is 4.68 Å². The molecular formula is C14H17N5O3. The average molecular weight is 303 g/mol. The van der Waals surface area contributed by atoms with Gasteiger partial charge in [-0.3, -0.25) is 4.79 Å². The maximum atomic E-state index is 11.1. The second-order valence-electron chi connectivity index (χ2n) is 5.85. The fraction of sp³-hybridized carbons (Fsp3) is 0.571. The predicted molar refractivity (Wildman–Crippen MR) is 74.9 cm³/mol. The third-order valence-electron chi connectivity index (χ3n) is 4.00. The molecule has 2 aliphatic rings. The summed E-state index contributed by atoms with van der Waals surface area (Å²) in [5.41, 5.74) is 6.20. The Kier molecular flexibility index (Phi) is 3.18. The van der Waals surface area contributed by atoms with Crippen LogP contribution in [0.25, 0.3) is 11.6 Å². The number of aromatic nitrogens is 4. The van der Waals surface area contributed by atoms with E-state index >= 15 is 0 Å². The molecule has 2 fully saturated rings. The summed E-state index contributed by atoms with van der Waals surface area (Å²) in [6.45, 7) is 1.27. The topological polar surface area (TPSA) is 109 Å². The van der Waals surface area contributed by atoms with Gasteiger partial charge in [-0.15, -0.1) is 0 Å². The molecule has 116 valence electrons. The second kappa shape index (κ2) is 5.20. The van der Waals surface area contributed by atoms with E-state index in [4.69, 9.17) is 15.0 Å². The molecule has 1 unspecified atom stereocenters. The summed E-state index contributed by atoms with van der Waals surface area (Å²) < 4.78 is 12.6. The van der Waals surface area contributed by atoms with E-state index in [2.05, 4.69) is 15.2 Å². The third-order valence-corrected chi connectivity index (χ3v) is 4.00. The SMILES string of the molecule is NC(=O)Cc1nc(-c2cc(C3CC3)no2)n(C2CCOC2)n1. The molecule has 1 amide bonds. The van der Waals surface area contributed by atoms with E-state index in [1.807, 2.05) is 6.07 Å². The summed E-state index contributed by atoms with van der Waals surface area (Å²) in [6, 6.07) is 2.01. The Hall–Kier alpha value is -2.22. The third kappa shape index (κ3) is 2.50. The smallest absolute Gasteiger partial charge is 0.225 e. The lowest BCUT2D eigenvalue weighted by Gasteiger charge is -2.09. The number of hydrogen-bond donors (Lipinski definition) is 1. The van der Waals surface area contributed by atoms with Crippen LogP contribution < -0.4 is 5.73 Å². The number of rotatable bonds is 5. The maximum absolute atomic E-state index is 11.1. The van der Waals surface area contributed by atoms with Crippen LogP contribution in [0.1, 0.15) is 42.7 Å². The predicted octanol–water partition coefficient (Wildman–Crippen LogP) is 0.800. The van der Waals surface area contributed by atoms with Crippen LogP contribution in [-0.2, 0) is 16.0 Å². The first-order chi connectivity index (χ1) is 10.7. The average Bonchev–Trinajstić information content (AvgIpc) is 2.95. The summed E-state index contributed by atoms with van der Waals surface area (Å²) in [6.07, 6.45) is 3.18. The van der Waals surface area contributed by atoms with Crippen molar-refractivity contribution in [2.24, 2.45) is 5.73 Å². The van der Waals surface area contributed by atoms with Crippen LogP contribution in [0.2, 0.25) is 0 Å². The number of hydrogen-bond acceptors (Lipinski definition) is 6. The zero-order valence-corrected chi connectivity index (χ0v) is 12.1. The van der Waals surface area contributed by atoms with Crippen LogP contribution in [0, 0.1) is 0 Å². The number of carbonyl (C=O) groups excluding carboxylic acids is 1. The van der Waals surface area contributed by atoms with Crippen LogP contribution in [0.3, 0.4) is 0 Å². The van der Waals surface area contributed by atoms with Crippen LogP contribution in [0.5, 0.6) is 0 Å². The molecule has 1 aliphatic heterocycles. The van der Waals surface area contributed by atoms with E-state index in [1.165, 1.54) is 0 Å². The van der Waals surface area contributed by atoms with Crippen LogP contribution in [-0.4, -0.2) is 39.0 Å². The zero-order chi connectivity index (χ0) is 15.1. The van der Waals surface area contributed by atoms with Gasteiger partial charge in [0.15, 0.2) is 11.6 Å². The molecular weight excluding hydrogens is 286 g/mol. The van der Waals surface area contributed by atoms with E-state index < -0.39 is 5.91 Å². The minimum atomic E-state index is -0.456. The highest BCUT2D eigenvalue weighted by molar-refractivity contribution is 5.75. The molecule has 2 aromatic rings. The summed E-state index contributed by atoms with van der Waals surface area (Å²) in [4.78, 5) is 15.5. The van der Waals surface area contributed by atoms with Gasteiger partial charge in [-0.1, -0.05) is 5.16 Å². The molecule has 2 aromatic heterocycles. The first kappa shape index (κ1) is 13.4. The Balaban J connectivity index is 1.70. The number of amides is 1. The number of carbonyl (C=O) groups is 1. The molecule has 1 atom stereocenters. The number of primary amides is 1. The zero-order valence-electron chi connectivity index (χ0n) is 12.1. The van der Waals surface area contributed by atoms with Gasteiger partial charge in [-0.05, 0) is 19.3 Å². The minimum Gasteiger partial charge on any atom is -0.379 e. The Labute approximate surface area is 126 Å². The molecule has 8 heteroatoms. The van der Waals surface area contributed by atoms with Gasteiger partial charge in [0.05, 0.1) is 24.8 Å². The largest absolute Gasteiger partial charge is 0.379 e. The second-order valence-corrected chi connectivity index (χ2v) is 5.85. The maximum Gasteiger partial charge on any atom is 0.225 e. The summed E-state index contributed by atoms with van der Waals surface area (Å²) in [5, 5.41) is 8.53. The van der Waals surface area contributed by atoms with Crippen LogP contribution in [0.15, 0.2) is 10.6 Å². The summed E-state index contributed by atoms with van der Waals surface area (Å²) >= 11 is 0. The highest BCUT2D eigenvalue weighted by Crippen LogP contribution is 2.40. The van der Waals surface area contributed by atoms with Crippen molar-refractivity contribution >= 4 is 5.91 Å². The molecule has 22 heavy (non-hydrogen) atoms. The molecule has 8 nitrogen and oxygen atoms in total. The number of nitrogens with zero attached hydrogens (tertiary/aromatic N) is 4. The molecule has 1 aliphatic carbocycles. The van der Waals surface area contributed by atoms with E-state index in [9.17, 15) is 4.79 Å². The first-order valence-corrected chi connectivity index (χ1v) is 7.49. The molecule has 2 N–H and O–H groups in total. The molecule has 0 bridgehead atoms. The van der Waals surface area contributed by atoms with Crippen molar-refractivity contribution in [1.29, 1.82) is 0 Å². The number of nitrogens with two attached hydrogens (primary N) is 1. The lowest BCUT2D eigenvalue weighted by atomic mass is 10.2. The van der Waals surface area contributed by atoms with Crippen molar-refractivity contribution in [1.82, 2.24) is 19.9 Å². The normalized spacial score (nSPS) is 21.4. The molecule has 4 rings (SSSR count). The van der Waals surface area contributed by atoms with Gasteiger partial charge in [0, 0.05) is 18.6 Å². The van der Waals surface area contributed by atoms with Crippen molar-refractivity contribution in [2.75, 3.05) is 13.2 Å². The van der Waals surface area contributed by atoms with Gasteiger partial charge in [-0.25, -0.2) is 9.67 Å². The first-order valence-electron chi connectivity index (χ1n) is 7.49. The number of ether oxygens (including phenoxy) is 1. The van der Waals surface area contributed by atoms with Crippen molar-refractivity contribution < 1.29 is 14.1 Å². The van der Waals surface area contributed by atoms with Crippen molar-refractivity contribution in [3.8, 4) is 11.6 Å². The summed E-state index contributed by atoms with van der Waals surface area (Å²) in [5.74, 6) is 1.62. The Bertz CT molecular complexity index is 697. The van der Waals surface area contributed by atoms with Gasteiger partial charge >= 0.3 is 0 Å². The van der Waals surface area contributed by atoms with Gasteiger partial charge in [-0.2, -0.15) is 5.10 Å². The van der Waals surface area contributed by atoms with Gasteiger partial charge in [0.2, 0.25) is 11.7 Å². The lowest BCUT2D eigenvalue weighted by molar-refractivity contribution is -0.117. The molecule has 1 saturated carbocycles. The minimum absolute atomic E-state index is 0.0111. The van der Waals surface area contributed by atoms with Gasteiger partial charge < -0.3 is 15.0 Å². The molecule has 0 spiro atoms. The molecule has 1 saturated heterocycles. The van der Waals surface area contributed by atoms with Crippen LogP contribution >= 0.6 is 0 Å². The van der Waals surface area contributed by atoms with E-state index in [0.717, 1.165) is 25.0 Å².